The molecule has 1 aromatic heterocycles. The number of rotatable bonds is 9. The molecular formula is C16H17Cl2NO2S2. The SMILES string of the molecule is O=C(CSCc1ccc(Cl)cc1Cl)NCCSCc1ccco1. The summed E-state index contributed by atoms with van der Waals surface area (Å²) < 4.78 is 5.24. The minimum Gasteiger partial charge on any atom is -0.468 e. The van der Waals surface area contributed by atoms with Gasteiger partial charge in [-0.1, -0.05) is 29.3 Å². The van der Waals surface area contributed by atoms with E-state index in [1.807, 2.05) is 18.2 Å². The second-order valence-corrected chi connectivity index (χ2v) is 7.64. The van der Waals surface area contributed by atoms with Crippen molar-refractivity contribution in [3.63, 3.8) is 0 Å². The summed E-state index contributed by atoms with van der Waals surface area (Å²) in [6.07, 6.45) is 1.67. The Hall–Kier alpha value is -0.750. The van der Waals surface area contributed by atoms with Gasteiger partial charge in [-0.05, 0) is 29.8 Å². The summed E-state index contributed by atoms with van der Waals surface area (Å²) in [6.45, 7) is 0.659. The largest absolute Gasteiger partial charge is 0.468 e. The van der Waals surface area contributed by atoms with Crippen molar-refractivity contribution < 1.29 is 9.21 Å². The van der Waals surface area contributed by atoms with E-state index in [0.29, 0.717) is 28.1 Å². The Labute approximate surface area is 154 Å². The molecule has 1 amide bonds. The lowest BCUT2D eigenvalue weighted by Crippen LogP contribution is -2.27. The maximum atomic E-state index is 11.8. The number of thioether (sulfide) groups is 2. The Morgan fingerprint density at radius 2 is 2.04 bits per heavy atom. The van der Waals surface area contributed by atoms with Crippen molar-refractivity contribution in [1.29, 1.82) is 0 Å². The fourth-order valence-electron chi connectivity index (χ4n) is 1.77. The number of halogens is 2. The van der Waals surface area contributed by atoms with E-state index in [1.54, 1.807) is 30.2 Å². The van der Waals surface area contributed by atoms with Gasteiger partial charge in [0.25, 0.3) is 0 Å². The van der Waals surface area contributed by atoms with Gasteiger partial charge in [-0.2, -0.15) is 11.8 Å². The van der Waals surface area contributed by atoms with E-state index in [2.05, 4.69) is 5.32 Å². The predicted octanol–water partition coefficient (Wildman–Crippen LogP) is 4.87. The molecule has 0 aliphatic carbocycles. The Kier molecular flexibility index (Phi) is 8.23. The van der Waals surface area contributed by atoms with Crippen LogP contribution in [-0.2, 0) is 16.3 Å². The highest BCUT2D eigenvalue weighted by Gasteiger charge is 2.05. The second kappa shape index (κ2) is 10.2. The third-order valence-electron chi connectivity index (χ3n) is 2.90. The number of benzene rings is 1. The summed E-state index contributed by atoms with van der Waals surface area (Å²) in [4.78, 5) is 11.8. The Morgan fingerprint density at radius 1 is 1.17 bits per heavy atom. The lowest BCUT2D eigenvalue weighted by atomic mass is 10.2. The minimum absolute atomic E-state index is 0.0404. The molecule has 0 aliphatic rings. The summed E-state index contributed by atoms with van der Waals surface area (Å²) in [5, 5.41) is 4.17. The Morgan fingerprint density at radius 3 is 2.78 bits per heavy atom. The van der Waals surface area contributed by atoms with Crippen molar-refractivity contribution in [2.24, 2.45) is 0 Å². The quantitative estimate of drug-likeness (QED) is 0.621. The Balaban J connectivity index is 1.54. The molecule has 0 aliphatic heterocycles. The maximum Gasteiger partial charge on any atom is 0.230 e. The molecule has 1 heterocycles. The summed E-state index contributed by atoms with van der Waals surface area (Å²) in [7, 11) is 0. The smallest absolute Gasteiger partial charge is 0.230 e. The summed E-state index contributed by atoms with van der Waals surface area (Å²) in [6, 6.07) is 9.24. The molecule has 1 N–H and O–H groups in total. The molecular weight excluding hydrogens is 373 g/mol. The average Bonchev–Trinajstić information content (AvgIpc) is 3.02. The zero-order valence-electron chi connectivity index (χ0n) is 12.4. The molecule has 23 heavy (non-hydrogen) atoms. The van der Waals surface area contributed by atoms with Gasteiger partial charge in [0.15, 0.2) is 0 Å². The molecule has 0 saturated heterocycles. The second-order valence-electron chi connectivity index (χ2n) is 4.71. The number of nitrogens with one attached hydrogen (secondary N) is 1. The van der Waals surface area contributed by atoms with E-state index >= 15 is 0 Å². The van der Waals surface area contributed by atoms with E-state index in [1.165, 1.54) is 11.8 Å². The van der Waals surface area contributed by atoms with Gasteiger partial charge in [0.05, 0.1) is 17.8 Å². The van der Waals surface area contributed by atoms with Crippen LogP contribution in [0.4, 0.5) is 0 Å². The van der Waals surface area contributed by atoms with Crippen molar-refractivity contribution in [3.05, 3.63) is 58.0 Å². The number of hydrogen-bond acceptors (Lipinski definition) is 4. The van der Waals surface area contributed by atoms with Crippen LogP contribution in [0.5, 0.6) is 0 Å². The van der Waals surface area contributed by atoms with Crippen LogP contribution >= 0.6 is 46.7 Å². The van der Waals surface area contributed by atoms with Gasteiger partial charge in [-0.15, -0.1) is 11.8 Å². The molecule has 0 spiro atoms. The molecule has 7 heteroatoms. The molecule has 0 unspecified atom stereocenters. The first-order valence-electron chi connectivity index (χ1n) is 7.03. The molecule has 124 valence electrons. The lowest BCUT2D eigenvalue weighted by molar-refractivity contribution is -0.118. The normalized spacial score (nSPS) is 10.7. The first-order valence-corrected chi connectivity index (χ1v) is 10.1. The first-order chi connectivity index (χ1) is 11.1. The summed E-state index contributed by atoms with van der Waals surface area (Å²) in [5.41, 5.74) is 0.989. The molecule has 0 bridgehead atoms. The van der Waals surface area contributed by atoms with E-state index in [9.17, 15) is 4.79 Å². The third kappa shape index (κ3) is 7.12. The minimum atomic E-state index is 0.0404. The number of carbonyl (C=O) groups excluding carboxylic acids is 1. The molecule has 0 saturated carbocycles. The van der Waals surface area contributed by atoms with Crippen LogP contribution in [0.1, 0.15) is 11.3 Å². The topological polar surface area (TPSA) is 42.2 Å². The molecule has 2 rings (SSSR count). The van der Waals surface area contributed by atoms with Crippen molar-refractivity contribution in [2.75, 3.05) is 18.1 Å². The highest BCUT2D eigenvalue weighted by molar-refractivity contribution is 7.99. The zero-order valence-corrected chi connectivity index (χ0v) is 15.5. The molecule has 1 aromatic carbocycles. The van der Waals surface area contributed by atoms with Crippen molar-refractivity contribution in [1.82, 2.24) is 5.32 Å². The van der Waals surface area contributed by atoms with Crippen molar-refractivity contribution >= 4 is 52.6 Å². The van der Waals surface area contributed by atoms with Crippen molar-refractivity contribution in [2.45, 2.75) is 11.5 Å². The molecule has 3 nitrogen and oxygen atoms in total. The van der Waals surface area contributed by atoms with Gasteiger partial charge in [-0.3, -0.25) is 4.79 Å². The Bertz CT molecular complexity index is 621. The number of furan rings is 1. The monoisotopic (exact) mass is 389 g/mol. The van der Waals surface area contributed by atoms with Gasteiger partial charge in [0.2, 0.25) is 5.91 Å². The van der Waals surface area contributed by atoms with Gasteiger partial charge >= 0.3 is 0 Å². The fourth-order valence-corrected chi connectivity index (χ4v) is 3.95. The standard InChI is InChI=1S/C16H17Cl2NO2S2/c17-13-4-3-12(15(18)8-13)9-23-11-16(20)19-5-7-22-10-14-2-1-6-21-14/h1-4,6,8H,5,7,9-11H2,(H,19,20). The highest BCUT2D eigenvalue weighted by Crippen LogP contribution is 2.24. The van der Waals surface area contributed by atoms with Crippen LogP contribution < -0.4 is 5.32 Å². The number of carbonyl (C=O) groups is 1. The molecule has 2 aromatic rings. The maximum absolute atomic E-state index is 11.8. The van der Waals surface area contributed by atoms with Gasteiger partial charge in [0, 0.05) is 28.1 Å². The van der Waals surface area contributed by atoms with Gasteiger partial charge in [0.1, 0.15) is 5.76 Å². The lowest BCUT2D eigenvalue weighted by Gasteiger charge is -2.06. The fraction of sp³-hybridized carbons (Fsp3) is 0.312. The highest BCUT2D eigenvalue weighted by atomic mass is 35.5. The van der Waals surface area contributed by atoms with Crippen LogP contribution in [0.2, 0.25) is 10.0 Å². The third-order valence-corrected chi connectivity index (χ3v) is 5.45. The van der Waals surface area contributed by atoms with E-state index in [0.717, 1.165) is 22.8 Å². The van der Waals surface area contributed by atoms with E-state index in [-0.39, 0.29) is 5.91 Å². The van der Waals surface area contributed by atoms with Gasteiger partial charge < -0.3 is 9.73 Å². The van der Waals surface area contributed by atoms with Crippen LogP contribution in [0.15, 0.2) is 41.0 Å². The molecule has 0 fully saturated rings. The average molecular weight is 390 g/mol. The molecule has 0 atom stereocenters. The van der Waals surface area contributed by atoms with E-state index in [4.69, 9.17) is 27.6 Å². The number of hydrogen-bond donors (Lipinski definition) is 1. The first kappa shape index (κ1) is 18.6. The van der Waals surface area contributed by atoms with Crippen molar-refractivity contribution in [3.8, 4) is 0 Å². The summed E-state index contributed by atoms with van der Waals surface area (Å²) in [5.74, 6) is 3.79. The zero-order chi connectivity index (χ0) is 16.5. The van der Waals surface area contributed by atoms with Crippen LogP contribution in [0, 0.1) is 0 Å². The van der Waals surface area contributed by atoms with E-state index < -0.39 is 0 Å². The number of amides is 1. The van der Waals surface area contributed by atoms with Crippen LogP contribution in [0.3, 0.4) is 0 Å². The van der Waals surface area contributed by atoms with Crippen LogP contribution in [-0.4, -0.2) is 24.0 Å². The predicted molar refractivity (Wildman–Crippen MR) is 101 cm³/mol. The van der Waals surface area contributed by atoms with Crippen LogP contribution in [0.25, 0.3) is 0 Å². The van der Waals surface area contributed by atoms with Gasteiger partial charge in [-0.25, -0.2) is 0 Å². The summed E-state index contributed by atoms with van der Waals surface area (Å²) >= 11 is 15.2. The molecule has 0 radical (unpaired) electrons.